The van der Waals surface area contributed by atoms with Crippen LogP contribution in [0.25, 0.3) is 0 Å². The first-order chi connectivity index (χ1) is 6.36. The average molecular weight is 195 g/mol. The van der Waals surface area contributed by atoms with E-state index < -0.39 is 0 Å². The third kappa shape index (κ3) is 2.17. The fraction of sp³-hybridized carbons (Fsp3) is 0.500. The van der Waals surface area contributed by atoms with E-state index in [9.17, 15) is 4.79 Å². The lowest BCUT2D eigenvalue weighted by atomic mass is 10.0. The number of rotatable bonds is 3. The Morgan fingerprint density at radius 3 is 3.23 bits per heavy atom. The van der Waals surface area contributed by atoms with E-state index in [4.69, 9.17) is 0 Å². The maximum atomic E-state index is 11.6. The molecule has 1 atom stereocenters. The maximum Gasteiger partial charge on any atom is 0.173 e. The second-order valence-corrected chi connectivity index (χ2v) is 4.41. The lowest BCUT2D eigenvalue weighted by Crippen LogP contribution is -2.12. The van der Waals surface area contributed by atoms with E-state index in [-0.39, 0.29) is 0 Å². The molecule has 0 aromatic carbocycles. The highest BCUT2D eigenvalue weighted by Crippen LogP contribution is 2.18. The lowest BCUT2D eigenvalue weighted by molar-refractivity contribution is 0.0968. The topological polar surface area (TPSA) is 29.1 Å². The molecule has 2 nitrogen and oxygen atoms in total. The van der Waals surface area contributed by atoms with Crippen LogP contribution in [0.3, 0.4) is 0 Å². The van der Waals surface area contributed by atoms with Crippen LogP contribution in [0, 0.1) is 5.92 Å². The zero-order chi connectivity index (χ0) is 9.10. The summed E-state index contributed by atoms with van der Waals surface area (Å²) in [5, 5.41) is 5.23. The fourth-order valence-electron chi connectivity index (χ4n) is 1.69. The quantitative estimate of drug-likeness (QED) is 0.747. The molecule has 0 saturated carbocycles. The van der Waals surface area contributed by atoms with E-state index in [1.54, 1.807) is 11.3 Å². The van der Waals surface area contributed by atoms with Gasteiger partial charge in [0.15, 0.2) is 5.78 Å². The molecule has 0 spiro atoms. The van der Waals surface area contributed by atoms with Crippen LogP contribution in [-0.4, -0.2) is 18.9 Å². The van der Waals surface area contributed by atoms with Crippen LogP contribution < -0.4 is 5.32 Å². The first-order valence-electron chi connectivity index (χ1n) is 4.63. The first kappa shape index (κ1) is 8.91. The highest BCUT2D eigenvalue weighted by atomic mass is 32.1. The van der Waals surface area contributed by atoms with Crippen LogP contribution in [0.15, 0.2) is 17.5 Å². The summed E-state index contributed by atoms with van der Waals surface area (Å²) in [5.74, 6) is 0.873. The van der Waals surface area contributed by atoms with Gasteiger partial charge in [0.25, 0.3) is 0 Å². The molecule has 1 saturated heterocycles. The van der Waals surface area contributed by atoms with Crippen LogP contribution in [0.2, 0.25) is 0 Å². The van der Waals surface area contributed by atoms with Gasteiger partial charge in [-0.15, -0.1) is 11.3 Å². The number of ketones is 1. The van der Waals surface area contributed by atoms with Gasteiger partial charge >= 0.3 is 0 Å². The van der Waals surface area contributed by atoms with Crippen LogP contribution in [-0.2, 0) is 0 Å². The molecule has 0 amide bonds. The van der Waals surface area contributed by atoms with Crippen molar-refractivity contribution in [1.82, 2.24) is 5.32 Å². The minimum absolute atomic E-state index is 0.309. The van der Waals surface area contributed by atoms with Gasteiger partial charge in [-0.3, -0.25) is 4.79 Å². The second kappa shape index (κ2) is 4.03. The molecule has 1 aromatic heterocycles. The summed E-state index contributed by atoms with van der Waals surface area (Å²) in [5.41, 5.74) is 0. The molecule has 1 fully saturated rings. The number of carbonyl (C=O) groups excluding carboxylic acids is 1. The van der Waals surface area contributed by atoms with Crippen LogP contribution >= 0.6 is 11.3 Å². The third-order valence-electron chi connectivity index (χ3n) is 2.43. The van der Waals surface area contributed by atoms with Crippen molar-refractivity contribution in [3.63, 3.8) is 0 Å². The predicted molar refractivity (Wildman–Crippen MR) is 54.2 cm³/mol. The normalized spacial score (nSPS) is 22.0. The smallest absolute Gasteiger partial charge is 0.173 e. The molecule has 13 heavy (non-hydrogen) atoms. The van der Waals surface area contributed by atoms with Gasteiger partial charge in [0.2, 0.25) is 0 Å². The molecule has 3 heteroatoms. The van der Waals surface area contributed by atoms with E-state index in [0.717, 1.165) is 24.4 Å². The second-order valence-electron chi connectivity index (χ2n) is 3.46. The highest BCUT2D eigenvalue weighted by molar-refractivity contribution is 7.12. The van der Waals surface area contributed by atoms with E-state index in [2.05, 4.69) is 5.32 Å². The highest BCUT2D eigenvalue weighted by Gasteiger charge is 2.19. The first-order valence-corrected chi connectivity index (χ1v) is 5.51. The molecule has 70 valence electrons. The largest absolute Gasteiger partial charge is 0.316 e. The van der Waals surface area contributed by atoms with Crippen molar-refractivity contribution in [1.29, 1.82) is 0 Å². The van der Waals surface area contributed by atoms with Crippen molar-refractivity contribution in [2.75, 3.05) is 13.1 Å². The molecular formula is C10H13NOS. The summed E-state index contributed by atoms with van der Waals surface area (Å²) >= 11 is 1.54. The molecule has 1 N–H and O–H groups in total. The van der Waals surface area contributed by atoms with Gasteiger partial charge in [-0.25, -0.2) is 0 Å². The number of hydrogen-bond acceptors (Lipinski definition) is 3. The van der Waals surface area contributed by atoms with E-state index in [1.807, 2.05) is 17.5 Å². The zero-order valence-corrected chi connectivity index (χ0v) is 8.27. The van der Waals surface area contributed by atoms with E-state index >= 15 is 0 Å². The van der Waals surface area contributed by atoms with Crippen molar-refractivity contribution in [2.24, 2.45) is 5.92 Å². The van der Waals surface area contributed by atoms with Gasteiger partial charge in [-0.05, 0) is 36.9 Å². The minimum Gasteiger partial charge on any atom is -0.316 e. The Hall–Kier alpha value is -0.670. The molecule has 0 radical (unpaired) electrons. The Bertz CT molecular complexity index is 275. The lowest BCUT2D eigenvalue weighted by Gasteiger charge is -2.04. The monoisotopic (exact) mass is 195 g/mol. The Morgan fingerprint density at radius 1 is 1.69 bits per heavy atom. The predicted octanol–water partition coefficient (Wildman–Crippen LogP) is 1.93. The SMILES string of the molecule is O=C(CC1CCNC1)c1cccs1. The minimum atomic E-state index is 0.309. The Morgan fingerprint density at radius 2 is 2.62 bits per heavy atom. The maximum absolute atomic E-state index is 11.6. The number of carbonyl (C=O) groups is 1. The molecule has 2 rings (SSSR count). The van der Waals surface area contributed by atoms with Crippen LogP contribution in [0.5, 0.6) is 0 Å². The fourth-order valence-corrected chi connectivity index (χ4v) is 2.36. The average Bonchev–Trinajstić information content (AvgIpc) is 2.74. The molecule has 0 bridgehead atoms. The molecule has 1 unspecified atom stereocenters. The van der Waals surface area contributed by atoms with Crippen molar-refractivity contribution in [2.45, 2.75) is 12.8 Å². The van der Waals surface area contributed by atoms with Crippen molar-refractivity contribution in [3.8, 4) is 0 Å². The molecule has 0 aliphatic carbocycles. The van der Waals surface area contributed by atoms with Crippen molar-refractivity contribution >= 4 is 17.1 Å². The van der Waals surface area contributed by atoms with Crippen molar-refractivity contribution in [3.05, 3.63) is 22.4 Å². The van der Waals surface area contributed by atoms with Crippen LogP contribution in [0.4, 0.5) is 0 Å². The van der Waals surface area contributed by atoms with Gasteiger partial charge < -0.3 is 5.32 Å². The van der Waals surface area contributed by atoms with Gasteiger partial charge in [-0.1, -0.05) is 6.07 Å². The summed E-state index contributed by atoms with van der Waals surface area (Å²) < 4.78 is 0. The third-order valence-corrected chi connectivity index (χ3v) is 3.34. The van der Waals surface area contributed by atoms with Crippen LogP contribution in [0.1, 0.15) is 22.5 Å². The zero-order valence-electron chi connectivity index (χ0n) is 7.45. The summed E-state index contributed by atoms with van der Waals surface area (Å²) in [6, 6.07) is 3.85. The Kier molecular flexibility index (Phi) is 2.76. The number of hydrogen-bond donors (Lipinski definition) is 1. The van der Waals surface area contributed by atoms with Gasteiger partial charge in [0.1, 0.15) is 0 Å². The van der Waals surface area contributed by atoms with E-state index in [0.29, 0.717) is 18.1 Å². The summed E-state index contributed by atoms with van der Waals surface area (Å²) in [6.07, 6.45) is 1.87. The molecule has 2 heterocycles. The van der Waals surface area contributed by atoms with Gasteiger partial charge in [0, 0.05) is 6.42 Å². The summed E-state index contributed by atoms with van der Waals surface area (Å²) in [6.45, 7) is 2.08. The summed E-state index contributed by atoms with van der Waals surface area (Å²) in [4.78, 5) is 12.6. The molecule has 1 aliphatic rings. The standard InChI is InChI=1S/C10H13NOS/c12-9(10-2-1-5-13-10)6-8-3-4-11-7-8/h1-2,5,8,11H,3-4,6-7H2. The summed E-state index contributed by atoms with van der Waals surface area (Å²) in [7, 11) is 0. The molecular weight excluding hydrogens is 182 g/mol. The Balaban J connectivity index is 1.91. The Labute approximate surface area is 82.0 Å². The number of thiophene rings is 1. The molecule has 1 aliphatic heterocycles. The number of Topliss-reactive ketones (excluding diaryl/α,β-unsaturated/α-hetero) is 1. The van der Waals surface area contributed by atoms with E-state index in [1.165, 1.54) is 0 Å². The number of nitrogens with one attached hydrogen (secondary N) is 1. The van der Waals surface area contributed by atoms with Gasteiger partial charge in [-0.2, -0.15) is 0 Å². The molecule has 1 aromatic rings. The van der Waals surface area contributed by atoms with Crippen molar-refractivity contribution < 1.29 is 4.79 Å². The van der Waals surface area contributed by atoms with Gasteiger partial charge in [0.05, 0.1) is 4.88 Å².